The van der Waals surface area contributed by atoms with Crippen molar-refractivity contribution in [2.75, 3.05) is 26.9 Å². The molecule has 0 aromatic carbocycles. The summed E-state index contributed by atoms with van der Waals surface area (Å²) in [6, 6.07) is 0. The van der Waals surface area contributed by atoms with Crippen LogP contribution in [0, 0.1) is 0 Å². The highest BCUT2D eigenvalue weighted by Gasteiger charge is 2.08. The summed E-state index contributed by atoms with van der Waals surface area (Å²) in [6.07, 6.45) is 5.68. The van der Waals surface area contributed by atoms with E-state index in [1.807, 2.05) is 6.92 Å². The first-order valence-corrected chi connectivity index (χ1v) is 6.96. The molecular weight excluding hydrogens is 232 g/mol. The van der Waals surface area contributed by atoms with Crippen LogP contribution < -0.4 is 0 Å². The van der Waals surface area contributed by atoms with Gasteiger partial charge in [0.15, 0.2) is 0 Å². The number of unbranched alkanes of at least 4 members (excludes halogenated alkanes) is 2. The third-order valence-corrected chi connectivity index (χ3v) is 2.65. The lowest BCUT2D eigenvalue weighted by Gasteiger charge is -2.12. The number of rotatable bonds is 12. The lowest BCUT2D eigenvalue weighted by molar-refractivity contribution is -0.148. The highest BCUT2D eigenvalue weighted by atomic mass is 16.5. The molecule has 0 fully saturated rings. The Kier molecular flexibility index (Phi) is 12.4. The minimum atomic E-state index is -0.116. The molecule has 4 nitrogen and oxygen atoms in total. The van der Waals surface area contributed by atoms with Crippen molar-refractivity contribution in [3.05, 3.63) is 0 Å². The van der Waals surface area contributed by atoms with Gasteiger partial charge in [0, 0.05) is 20.1 Å². The minimum absolute atomic E-state index is 0.0402. The van der Waals surface area contributed by atoms with Crippen molar-refractivity contribution in [1.29, 1.82) is 0 Å². The molecule has 0 aromatic heterocycles. The second-order valence-corrected chi connectivity index (χ2v) is 4.50. The predicted molar refractivity (Wildman–Crippen MR) is 71.6 cm³/mol. The van der Waals surface area contributed by atoms with E-state index in [9.17, 15) is 4.79 Å². The molecular formula is C14H28O4. The van der Waals surface area contributed by atoms with Crippen molar-refractivity contribution in [3.63, 3.8) is 0 Å². The van der Waals surface area contributed by atoms with Crippen molar-refractivity contribution in [2.24, 2.45) is 0 Å². The standard InChI is InChI=1S/C14H28O4/c1-4-5-6-8-13(2)18-14(15)9-7-10-17-12-11-16-3/h13H,4-12H2,1-3H3. The van der Waals surface area contributed by atoms with Crippen LogP contribution in [0.15, 0.2) is 0 Å². The van der Waals surface area contributed by atoms with E-state index < -0.39 is 0 Å². The van der Waals surface area contributed by atoms with Crippen LogP contribution in [0.5, 0.6) is 0 Å². The van der Waals surface area contributed by atoms with E-state index in [0.717, 1.165) is 12.8 Å². The third kappa shape index (κ3) is 11.9. The van der Waals surface area contributed by atoms with Crippen LogP contribution in [0.1, 0.15) is 52.4 Å². The monoisotopic (exact) mass is 260 g/mol. The fourth-order valence-corrected chi connectivity index (χ4v) is 1.59. The van der Waals surface area contributed by atoms with E-state index in [1.165, 1.54) is 12.8 Å². The molecule has 0 heterocycles. The fraction of sp³-hybridized carbons (Fsp3) is 0.929. The van der Waals surface area contributed by atoms with Crippen LogP contribution in [0.25, 0.3) is 0 Å². The molecule has 0 saturated heterocycles. The van der Waals surface area contributed by atoms with Gasteiger partial charge in [-0.1, -0.05) is 19.8 Å². The third-order valence-electron chi connectivity index (χ3n) is 2.65. The van der Waals surface area contributed by atoms with Crippen LogP contribution in [0.2, 0.25) is 0 Å². The average Bonchev–Trinajstić information content (AvgIpc) is 2.34. The molecule has 0 N–H and O–H groups in total. The summed E-state index contributed by atoms with van der Waals surface area (Å²) in [7, 11) is 1.64. The summed E-state index contributed by atoms with van der Waals surface area (Å²) in [6.45, 7) is 5.89. The van der Waals surface area contributed by atoms with Gasteiger partial charge in [0.25, 0.3) is 0 Å². The first kappa shape index (κ1) is 17.4. The Morgan fingerprint density at radius 2 is 1.89 bits per heavy atom. The number of carbonyl (C=O) groups excluding carboxylic acids is 1. The molecule has 1 unspecified atom stereocenters. The molecule has 0 radical (unpaired) electrons. The van der Waals surface area contributed by atoms with Gasteiger partial charge in [-0.25, -0.2) is 0 Å². The number of methoxy groups -OCH3 is 1. The zero-order chi connectivity index (χ0) is 13.6. The van der Waals surface area contributed by atoms with Crippen molar-refractivity contribution in [3.8, 4) is 0 Å². The molecule has 0 aliphatic rings. The average molecular weight is 260 g/mol. The summed E-state index contributed by atoms with van der Waals surface area (Å²) in [5.41, 5.74) is 0. The first-order valence-electron chi connectivity index (χ1n) is 6.96. The summed E-state index contributed by atoms with van der Waals surface area (Å²) < 4.78 is 15.4. The van der Waals surface area contributed by atoms with Crippen LogP contribution in [-0.4, -0.2) is 39.0 Å². The Morgan fingerprint density at radius 1 is 1.11 bits per heavy atom. The maximum Gasteiger partial charge on any atom is 0.306 e. The smallest absolute Gasteiger partial charge is 0.306 e. The van der Waals surface area contributed by atoms with E-state index >= 15 is 0 Å². The number of hydrogen-bond acceptors (Lipinski definition) is 4. The number of carbonyl (C=O) groups is 1. The van der Waals surface area contributed by atoms with E-state index in [-0.39, 0.29) is 12.1 Å². The molecule has 0 aliphatic heterocycles. The van der Waals surface area contributed by atoms with Crippen LogP contribution in [-0.2, 0) is 19.0 Å². The molecule has 0 bridgehead atoms. The predicted octanol–water partition coefficient (Wildman–Crippen LogP) is 2.94. The zero-order valence-electron chi connectivity index (χ0n) is 12.1. The molecule has 18 heavy (non-hydrogen) atoms. The van der Waals surface area contributed by atoms with Crippen LogP contribution in [0.4, 0.5) is 0 Å². The first-order chi connectivity index (χ1) is 8.70. The summed E-state index contributed by atoms with van der Waals surface area (Å²) >= 11 is 0. The van der Waals surface area contributed by atoms with Crippen molar-refractivity contribution >= 4 is 5.97 Å². The van der Waals surface area contributed by atoms with Crippen molar-refractivity contribution in [2.45, 2.75) is 58.5 Å². The second kappa shape index (κ2) is 12.8. The molecule has 4 heteroatoms. The fourth-order valence-electron chi connectivity index (χ4n) is 1.59. The van der Waals surface area contributed by atoms with E-state index in [0.29, 0.717) is 32.7 Å². The Labute approximate surface area is 111 Å². The number of esters is 1. The van der Waals surface area contributed by atoms with Gasteiger partial charge in [-0.15, -0.1) is 0 Å². The molecule has 0 aromatic rings. The van der Waals surface area contributed by atoms with Crippen molar-refractivity contribution in [1.82, 2.24) is 0 Å². The molecule has 0 saturated carbocycles. The highest BCUT2D eigenvalue weighted by molar-refractivity contribution is 5.69. The molecule has 0 amide bonds. The Hall–Kier alpha value is -0.610. The summed E-state index contributed by atoms with van der Waals surface area (Å²) in [5.74, 6) is -0.116. The maximum atomic E-state index is 11.5. The van der Waals surface area contributed by atoms with Gasteiger partial charge in [-0.05, 0) is 26.2 Å². The van der Waals surface area contributed by atoms with E-state index in [1.54, 1.807) is 7.11 Å². The Morgan fingerprint density at radius 3 is 2.56 bits per heavy atom. The molecule has 0 rings (SSSR count). The summed E-state index contributed by atoms with van der Waals surface area (Å²) in [5, 5.41) is 0. The number of hydrogen-bond donors (Lipinski definition) is 0. The second-order valence-electron chi connectivity index (χ2n) is 4.50. The lowest BCUT2D eigenvalue weighted by atomic mass is 10.1. The van der Waals surface area contributed by atoms with Gasteiger partial charge in [0.2, 0.25) is 0 Å². The topological polar surface area (TPSA) is 44.8 Å². The SMILES string of the molecule is CCCCCC(C)OC(=O)CCCOCCOC. The normalized spacial score (nSPS) is 12.4. The van der Waals surface area contributed by atoms with E-state index in [4.69, 9.17) is 14.2 Å². The van der Waals surface area contributed by atoms with Crippen molar-refractivity contribution < 1.29 is 19.0 Å². The Bertz CT molecular complexity index is 194. The van der Waals surface area contributed by atoms with Gasteiger partial charge in [0.1, 0.15) is 0 Å². The Balaban J connectivity index is 3.35. The lowest BCUT2D eigenvalue weighted by Crippen LogP contribution is -2.15. The quantitative estimate of drug-likeness (QED) is 0.400. The number of ether oxygens (including phenoxy) is 3. The largest absolute Gasteiger partial charge is 0.463 e. The zero-order valence-corrected chi connectivity index (χ0v) is 12.1. The summed E-state index contributed by atoms with van der Waals surface area (Å²) in [4.78, 5) is 11.5. The maximum absolute atomic E-state index is 11.5. The van der Waals surface area contributed by atoms with Gasteiger partial charge in [-0.3, -0.25) is 4.79 Å². The minimum Gasteiger partial charge on any atom is -0.463 e. The highest BCUT2D eigenvalue weighted by Crippen LogP contribution is 2.07. The van der Waals surface area contributed by atoms with Crippen LogP contribution >= 0.6 is 0 Å². The molecule has 0 aliphatic carbocycles. The van der Waals surface area contributed by atoms with Crippen LogP contribution in [0.3, 0.4) is 0 Å². The molecule has 1 atom stereocenters. The van der Waals surface area contributed by atoms with Gasteiger partial charge < -0.3 is 14.2 Å². The van der Waals surface area contributed by atoms with E-state index in [2.05, 4.69) is 6.92 Å². The van der Waals surface area contributed by atoms with Gasteiger partial charge in [-0.2, -0.15) is 0 Å². The van der Waals surface area contributed by atoms with Gasteiger partial charge in [0.05, 0.1) is 19.3 Å². The molecule has 0 spiro atoms. The van der Waals surface area contributed by atoms with Gasteiger partial charge >= 0.3 is 5.97 Å². The molecule has 108 valence electrons.